The maximum Gasteiger partial charge on any atom is 0.255 e. The summed E-state index contributed by atoms with van der Waals surface area (Å²) in [6.07, 6.45) is 0.171. The average molecular weight is 380 g/mol. The van der Waals surface area contributed by atoms with Gasteiger partial charge in [-0.15, -0.1) is 0 Å². The fraction of sp³-hybridized carbons (Fsp3) is 0.391. The van der Waals surface area contributed by atoms with Gasteiger partial charge in [-0.25, -0.2) is 5.06 Å². The van der Waals surface area contributed by atoms with Gasteiger partial charge in [0.15, 0.2) is 0 Å². The summed E-state index contributed by atoms with van der Waals surface area (Å²) >= 11 is 0. The Morgan fingerprint density at radius 2 is 1.68 bits per heavy atom. The first-order valence-corrected chi connectivity index (χ1v) is 9.53. The van der Waals surface area contributed by atoms with E-state index >= 15 is 0 Å². The minimum atomic E-state index is -0.342. The monoisotopic (exact) mass is 380 g/mol. The van der Waals surface area contributed by atoms with Crippen LogP contribution in [0, 0.1) is 27.7 Å². The Labute approximate surface area is 166 Å². The molecule has 3 rings (SSSR count). The predicted molar refractivity (Wildman–Crippen MR) is 109 cm³/mol. The van der Waals surface area contributed by atoms with Gasteiger partial charge in [0.25, 0.3) is 5.91 Å². The third kappa shape index (κ3) is 3.31. The van der Waals surface area contributed by atoms with Crippen molar-refractivity contribution in [2.45, 2.75) is 46.7 Å². The summed E-state index contributed by atoms with van der Waals surface area (Å²) in [4.78, 5) is 32.9. The lowest BCUT2D eigenvalue weighted by atomic mass is 9.90. The summed E-state index contributed by atoms with van der Waals surface area (Å²) in [5.41, 5.74) is 7.44. The number of nitrogens with zero attached hydrogens (tertiary/aromatic N) is 2. The largest absolute Gasteiger partial charge is 0.327 e. The second-order valence-electron chi connectivity index (χ2n) is 7.49. The van der Waals surface area contributed by atoms with E-state index < -0.39 is 0 Å². The van der Waals surface area contributed by atoms with Crippen molar-refractivity contribution >= 4 is 11.8 Å². The molecule has 1 atom stereocenters. The van der Waals surface area contributed by atoms with Crippen molar-refractivity contribution in [3.05, 3.63) is 69.3 Å². The number of fused-ring (bicyclic) bond motifs is 1. The fourth-order valence-electron chi connectivity index (χ4n) is 3.99. The average Bonchev–Trinajstić information content (AvgIpc) is 3.05. The molecule has 5 heteroatoms. The van der Waals surface area contributed by atoms with Crippen LogP contribution in [0.15, 0.2) is 30.3 Å². The van der Waals surface area contributed by atoms with Gasteiger partial charge in [0, 0.05) is 19.2 Å². The van der Waals surface area contributed by atoms with Crippen molar-refractivity contribution in [2.75, 3.05) is 14.2 Å². The molecule has 0 aromatic heterocycles. The van der Waals surface area contributed by atoms with Gasteiger partial charge in [-0.1, -0.05) is 30.3 Å². The smallest absolute Gasteiger partial charge is 0.255 e. The van der Waals surface area contributed by atoms with Gasteiger partial charge in [0.1, 0.15) is 0 Å². The molecular formula is C23H28N2O3. The third-order valence-electron chi connectivity index (χ3n) is 6.17. The Morgan fingerprint density at radius 1 is 1.07 bits per heavy atom. The van der Waals surface area contributed by atoms with Crippen LogP contribution < -0.4 is 0 Å². The maximum atomic E-state index is 13.4. The molecule has 0 spiro atoms. The second-order valence-corrected chi connectivity index (χ2v) is 7.49. The summed E-state index contributed by atoms with van der Waals surface area (Å²) in [6.45, 7) is 8.80. The summed E-state index contributed by atoms with van der Waals surface area (Å²) in [5, 5.41) is 1.22. The molecule has 1 unspecified atom stereocenters. The van der Waals surface area contributed by atoms with Gasteiger partial charge < -0.3 is 4.90 Å². The molecule has 0 aliphatic carbocycles. The molecule has 5 nitrogen and oxygen atoms in total. The summed E-state index contributed by atoms with van der Waals surface area (Å²) in [6, 6.07) is 9.40. The van der Waals surface area contributed by atoms with Gasteiger partial charge in [0.05, 0.1) is 19.6 Å². The van der Waals surface area contributed by atoms with Crippen molar-refractivity contribution in [3.63, 3.8) is 0 Å². The molecule has 28 heavy (non-hydrogen) atoms. The number of rotatable bonds is 5. The number of carbonyl (C=O) groups excluding carboxylic acids is 2. The fourth-order valence-corrected chi connectivity index (χ4v) is 3.99. The molecule has 1 heterocycles. The zero-order valence-corrected chi connectivity index (χ0v) is 17.5. The molecule has 2 aromatic rings. The first-order valence-electron chi connectivity index (χ1n) is 9.53. The Balaban J connectivity index is 2.04. The molecule has 0 bridgehead atoms. The minimum Gasteiger partial charge on any atom is -0.327 e. The Hall–Kier alpha value is -2.66. The van der Waals surface area contributed by atoms with Crippen LogP contribution in [-0.2, 0) is 16.2 Å². The molecule has 2 aromatic carbocycles. The number of benzene rings is 2. The minimum absolute atomic E-state index is 0.000392. The third-order valence-corrected chi connectivity index (χ3v) is 6.17. The van der Waals surface area contributed by atoms with E-state index in [-0.39, 0.29) is 24.3 Å². The van der Waals surface area contributed by atoms with E-state index in [1.807, 2.05) is 42.2 Å². The van der Waals surface area contributed by atoms with Gasteiger partial charge in [-0.3, -0.25) is 14.4 Å². The zero-order valence-electron chi connectivity index (χ0n) is 17.5. The molecule has 148 valence electrons. The normalized spacial score (nSPS) is 14.2. The quantitative estimate of drug-likeness (QED) is 0.736. The van der Waals surface area contributed by atoms with E-state index in [0.29, 0.717) is 6.54 Å². The van der Waals surface area contributed by atoms with Crippen molar-refractivity contribution < 1.29 is 14.4 Å². The lowest BCUT2D eigenvalue weighted by Gasteiger charge is -2.29. The van der Waals surface area contributed by atoms with Crippen LogP contribution in [0.1, 0.15) is 56.2 Å². The maximum absolute atomic E-state index is 13.4. The first kappa shape index (κ1) is 20.1. The van der Waals surface area contributed by atoms with Crippen molar-refractivity contribution in [1.82, 2.24) is 9.96 Å². The highest BCUT2D eigenvalue weighted by molar-refractivity contribution is 6.01. The summed E-state index contributed by atoms with van der Waals surface area (Å²) in [7, 11) is 3.05. The highest BCUT2D eigenvalue weighted by Crippen LogP contribution is 2.38. The molecule has 0 fully saturated rings. The Morgan fingerprint density at radius 3 is 2.29 bits per heavy atom. The number of amides is 2. The van der Waals surface area contributed by atoms with Crippen LogP contribution in [0.3, 0.4) is 0 Å². The summed E-state index contributed by atoms with van der Waals surface area (Å²) < 4.78 is 0. The topological polar surface area (TPSA) is 49.9 Å². The van der Waals surface area contributed by atoms with Gasteiger partial charge in [-0.2, -0.15) is 0 Å². The highest BCUT2D eigenvalue weighted by atomic mass is 16.7. The van der Waals surface area contributed by atoms with Crippen LogP contribution in [0.25, 0.3) is 0 Å². The summed E-state index contributed by atoms with van der Waals surface area (Å²) in [5.74, 6) is -0.165. The van der Waals surface area contributed by atoms with E-state index in [1.165, 1.54) is 23.3 Å². The van der Waals surface area contributed by atoms with E-state index in [0.717, 1.165) is 27.8 Å². The predicted octanol–water partition coefficient (Wildman–Crippen LogP) is 4.03. The first-order chi connectivity index (χ1) is 13.3. The van der Waals surface area contributed by atoms with Crippen molar-refractivity contribution in [2.24, 2.45) is 0 Å². The van der Waals surface area contributed by atoms with Crippen LogP contribution in [0.5, 0.6) is 0 Å². The second kappa shape index (κ2) is 7.76. The lowest BCUT2D eigenvalue weighted by molar-refractivity contribution is -0.169. The van der Waals surface area contributed by atoms with Gasteiger partial charge in [0.2, 0.25) is 5.91 Å². The number of hydrogen-bond acceptors (Lipinski definition) is 3. The van der Waals surface area contributed by atoms with Crippen molar-refractivity contribution in [1.29, 1.82) is 0 Å². The van der Waals surface area contributed by atoms with Crippen LogP contribution in [0.2, 0.25) is 0 Å². The van der Waals surface area contributed by atoms with E-state index in [2.05, 4.69) is 20.8 Å². The Bertz CT molecular complexity index is 921. The highest BCUT2D eigenvalue weighted by Gasteiger charge is 2.37. The van der Waals surface area contributed by atoms with Crippen molar-refractivity contribution in [3.8, 4) is 0 Å². The molecule has 1 aliphatic rings. The molecule has 0 N–H and O–H groups in total. The SMILES string of the molecule is CON(C)C(=O)CC(c1ccccc1)N1Cc2c(C)c(C)c(C)c(C)c2C1=O. The van der Waals surface area contributed by atoms with Gasteiger partial charge >= 0.3 is 0 Å². The van der Waals surface area contributed by atoms with Crippen LogP contribution in [0.4, 0.5) is 0 Å². The Kier molecular flexibility index (Phi) is 5.57. The van der Waals surface area contributed by atoms with Gasteiger partial charge in [-0.05, 0) is 61.1 Å². The lowest BCUT2D eigenvalue weighted by Crippen LogP contribution is -2.35. The number of hydroxylamine groups is 2. The van der Waals surface area contributed by atoms with E-state index in [9.17, 15) is 9.59 Å². The van der Waals surface area contributed by atoms with E-state index in [4.69, 9.17) is 4.84 Å². The van der Waals surface area contributed by atoms with Crippen LogP contribution >= 0.6 is 0 Å². The standard InChI is InChI=1S/C23H28N2O3/c1-14-15(2)17(4)22-19(16(14)3)13-25(23(22)27)20(12-21(26)24(5)28-6)18-10-8-7-9-11-18/h7-11,20H,12-13H2,1-6H3. The molecule has 1 aliphatic heterocycles. The molecule has 0 saturated carbocycles. The molecule has 2 amide bonds. The number of hydrogen-bond donors (Lipinski definition) is 0. The molecular weight excluding hydrogens is 352 g/mol. The molecule has 0 radical (unpaired) electrons. The zero-order chi connectivity index (χ0) is 20.6. The van der Waals surface area contributed by atoms with E-state index in [1.54, 1.807) is 7.05 Å². The molecule has 0 saturated heterocycles. The number of carbonyl (C=O) groups is 2. The van der Waals surface area contributed by atoms with Crippen LogP contribution in [-0.4, -0.2) is 35.9 Å².